The van der Waals surface area contributed by atoms with Gasteiger partial charge in [-0.25, -0.2) is 0 Å². The Morgan fingerprint density at radius 1 is 0.547 bits per heavy atom. The number of aromatic nitrogens is 1. The van der Waals surface area contributed by atoms with Crippen molar-refractivity contribution < 1.29 is 4.42 Å². The highest BCUT2D eigenvalue weighted by Crippen LogP contribution is 2.53. The monoisotopic (exact) mass is 849 g/mol. The van der Waals surface area contributed by atoms with Crippen molar-refractivity contribution in [3.63, 3.8) is 0 Å². The lowest BCUT2D eigenvalue weighted by molar-refractivity contribution is 0.584. The van der Waals surface area contributed by atoms with Crippen LogP contribution in [0.3, 0.4) is 0 Å². The highest BCUT2D eigenvalue weighted by atomic mass is 32.1. The predicted molar refractivity (Wildman–Crippen MR) is 277 cm³/mol. The third-order valence-electron chi connectivity index (χ3n) is 14.5. The second-order valence-corrected chi connectivity index (χ2v) is 23.3. The third kappa shape index (κ3) is 5.72. The van der Waals surface area contributed by atoms with Gasteiger partial charge in [-0.2, -0.15) is 0 Å². The minimum absolute atomic E-state index is 0.0204. The molecule has 0 saturated carbocycles. The van der Waals surface area contributed by atoms with E-state index in [0.717, 1.165) is 33.3 Å². The van der Waals surface area contributed by atoms with Crippen molar-refractivity contribution in [2.24, 2.45) is 0 Å². The SMILES string of the molecule is CC(C)(C)c1ccc(Nc2cc3c(cc2-c2ccc4c5cc6c(cc5n5c4c2[B]c2sc4ccc(C(C)(C)C)cc4c2-5)oc2ccccc26)-c2ccc(C(C)(C)C)cc2C3(C)C)cc1. The van der Waals surface area contributed by atoms with E-state index in [9.17, 15) is 0 Å². The summed E-state index contributed by atoms with van der Waals surface area (Å²) in [4.78, 5) is 0. The van der Waals surface area contributed by atoms with Crippen molar-refractivity contribution in [1.29, 1.82) is 0 Å². The molecule has 0 spiro atoms. The molecule has 1 N–H and O–H groups in total. The summed E-state index contributed by atoms with van der Waals surface area (Å²) in [6, 6.07) is 46.2. The second-order valence-electron chi connectivity index (χ2n) is 22.2. The first-order valence-corrected chi connectivity index (χ1v) is 23.7. The van der Waals surface area contributed by atoms with Crippen molar-refractivity contribution >= 4 is 94.1 Å². The molecular weight excluding hydrogens is 796 g/mol. The molecule has 4 heterocycles. The number of hydrogen-bond acceptors (Lipinski definition) is 3. The molecule has 0 fully saturated rings. The average Bonchev–Trinajstić information content (AvgIpc) is 3.95. The van der Waals surface area contributed by atoms with Crippen LogP contribution in [0.5, 0.6) is 0 Å². The van der Waals surface area contributed by atoms with E-state index in [2.05, 4.69) is 215 Å². The molecule has 1 aliphatic carbocycles. The number of thiophene rings is 1. The number of nitrogens with zero attached hydrogens (tertiary/aromatic N) is 1. The van der Waals surface area contributed by atoms with Gasteiger partial charge in [-0.1, -0.05) is 143 Å². The van der Waals surface area contributed by atoms with Crippen LogP contribution >= 0.6 is 11.3 Å². The van der Waals surface area contributed by atoms with E-state index in [1.54, 1.807) is 0 Å². The highest BCUT2D eigenvalue weighted by Gasteiger charge is 2.38. The van der Waals surface area contributed by atoms with Crippen LogP contribution in [0.1, 0.15) is 104 Å². The van der Waals surface area contributed by atoms with Gasteiger partial charge in [-0.05, 0) is 120 Å². The molecule has 3 nitrogen and oxygen atoms in total. The topological polar surface area (TPSA) is 30.1 Å². The Hall–Kier alpha value is -6.04. The van der Waals surface area contributed by atoms with Crippen molar-refractivity contribution in [2.75, 3.05) is 5.32 Å². The van der Waals surface area contributed by atoms with Gasteiger partial charge in [0.2, 0.25) is 7.28 Å². The van der Waals surface area contributed by atoms with Crippen molar-refractivity contribution in [2.45, 2.75) is 97.8 Å². The summed E-state index contributed by atoms with van der Waals surface area (Å²) < 4.78 is 11.8. The molecular formula is C59H54BN2OS. The van der Waals surface area contributed by atoms with E-state index >= 15 is 0 Å². The van der Waals surface area contributed by atoms with Crippen LogP contribution < -0.4 is 15.6 Å². The first kappa shape index (κ1) is 39.5. The zero-order valence-electron chi connectivity index (χ0n) is 38.9. The molecule has 0 unspecified atom stereocenters. The molecule has 0 bridgehead atoms. The Balaban J connectivity index is 1.15. The summed E-state index contributed by atoms with van der Waals surface area (Å²) in [7, 11) is 2.50. The fraction of sp³-hybridized carbons (Fsp3) is 0.254. The Morgan fingerprint density at radius 2 is 1.22 bits per heavy atom. The van der Waals surface area contributed by atoms with Gasteiger partial charge >= 0.3 is 0 Å². The first-order chi connectivity index (χ1) is 30.3. The van der Waals surface area contributed by atoms with E-state index in [1.807, 2.05) is 11.3 Å². The Labute approximate surface area is 381 Å². The summed E-state index contributed by atoms with van der Waals surface area (Å²) in [5, 5.41) is 10.1. The normalized spacial score (nSPS) is 14.4. The minimum Gasteiger partial charge on any atom is -0.456 e. The second kappa shape index (κ2) is 13.0. The number of rotatable bonds is 3. The number of furan rings is 1. The van der Waals surface area contributed by atoms with Gasteiger partial charge in [0.15, 0.2) is 0 Å². The largest absolute Gasteiger partial charge is 0.456 e. The van der Waals surface area contributed by atoms with Crippen LogP contribution in [0, 0.1) is 0 Å². The van der Waals surface area contributed by atoms with Gasteiger partial charge in [-0.15, -0.1) is 11.3 Å². The zero-order chi connectivity index (χ0) is 44.4. The van der Waals surface area contributed by atoms with E-state index in [4.69, 9.17) is 4.42 Å². The summed E-state index contributed by atoms with van der Waals surface area (Å²) >= 11 is 1.90. The Morgan fingerprint density at radius 3 is 1.97 bits per heavy atom. The molecule has 0 amide bonds. The fourth-order valence-electron chi connectivity index (χ4n) is 10.8. The van der Waals surface area contributed by atoms with Gasteiger partial charge in [-0.3, -0.25) is 0 Å². The van der Waals surface area contributed by atoms with E-state index < -0.39 is 0 Å². The number of benzene rings is 7. The maximum absolute atomic E-state index is 6.60. The minimum atomic E-state index is -0.174. The van der Waals surface area contributed by atoms with E-state index in [1.165, 1.54) is 97.9 Å². The lowest BCUT2D eigenvalue weighted by Gasteiger charge is -2.26. The van der Waals surface area contributed by atoms with Crippen LogP contribution in [0.15, 0.2) is 126 Å². The number of fused-ring (bicyclic) bond motifs is 13. The molecule has 0 atom stereocenters. The molecule has 7 aromatic carbocycles. The third-order valence-corrected chi connectivity index (χ3v) is 15.6. The number of hydrogen-bond donors (Lipinski definition) is 1. The Bertz CT molecular complexity index is 3630. The van der Waals surface area contributed by atoms with Crippen LogP contribution in [-0.2, 0) is 21.7 Å². The molecule has 1 aliphatic heterocycles. The van der Waals surface area contributed by atoms with Crippen LogP contribution in [0.2, 0.25) is 0 Å². The zero-order valence-corrected chi connectivity index (χ0v) is 39.7. The molecule has 12 rings (SSSR count). The van der Waals surface area contributed by atoms with Crippen LogP contribution in [0.4, 0.5) is 11.4 Å². The predicted octanol–water partition coefficient (Wildman–Crippen LogP) is 15.5. The quantitative estimate of drug-likeness (QED) is 0.180. The summed E-state index contributed by atoms with van der Waals surface area (Å²) in [6.45, 7) is 25.5. The van der Waals surface area contributed by atoms with Gasteiger partial charge in [0.1, 0.15) is 11.2 Å². The number of anilines is 2. The fourth-order valence-corrected chi connectivity index (χ4v) is 11.9. The maximum Gasteiger partial charge on any atom is 0.211 e. The standard InChI is InChI=1S/C59H54BN2OS/c1-56(2,3)32-16-20-35(21-17-32)61-47-30-46-40(36-22-18-34(58(7,8)9)27-45(36)59(46,10)11)28-41(47)38-23-24-39-42-29-43-37-14-12-13-15-49(37)63-50(43)31-48(42)62-53(39)52(38)60-55-54(62)44-26-33(57(4,5)6)19-25-51(44)64-55/h12-31,61H,1-11H3. The molecule has 64 heavy (non-hydrogen) atoms. The smallest absolute Gasteiger partial charge is 0.211 e. The first-order valence-electron chi connectivity index (χ1n) is 22.9. The summed E-state index contributed by atoms with van der Waals surface area (Å²) in [6.07, 6.45) is 0. The van der Waals surface area contributed by atoms with Gasteiger partial charge in [0, 0.05) is 65.6 Å². The molecule has 0 saturated heterocycles. The molecule has 1 radical (unpaired) electrons. The van der Waals surface area contributed by atoms with Gasteiger partial charge in [0.05, 0.1) is 11.2 Å². The number of para-hydroxylation sites is 1. The van der Waals surface area contributed by atoms with Crippen LogP contribution in [-0.4, -0.2) is 11.8 Å². The highest BCUT2D eigenvalue weighted by molar-refractivity contribution is 7.29. The molecule has 10 aromatic rings. The Kier molecular flexibility index (Phi) is 8.06. The molecule has 315 valence electrons. The van der Waals surface area contributed by atoms with Crippen LogP contribution in [0.25, 0.3) is 81.8 Å². The van der Waals surface area contributed by atoms with Gasteiger partial charge in [0.25, 0.3) is 0 Å². The van der Waals surface area contributed by atoms with E-state index in [-0.39, 0.29) is 21.7 Å². The maximum atomic E-state index is 6.60. The number of nitrogens with one attached hydrogen (secondary N) is 1. The van der Waals surface area contributed by atoms with Gasteiger partial charge < -0.3 is 14.3 Å². The van der Waals surface area contributed by atoms with Crippen molar-refractivity contribution in [3.8, 4) is 27.9 Å². The summed E-state index contributed by atoms with van der Waals surface area (Å²) in [5.74, 6) is 0. The molecule has 2 aliphatic rings. The van der Waals surface area contributed by atoms with E-state index in [0.29, 0.717) is 0 Å². The average molecular weight is 850 g/mol. The lowest BCUT2D eigenvalue weighted by Crippen LogP contribution is -2.35. The summed E-state index contributed by atoms with van der Waals surface area (Å²) in [5.41, 5.74) is 20.8. The van der Waals surface area contributed by atoms with Crippen molar-refractivity contribution in [1.82, 2.24) is 4.57 Å². The van der Waals surface area contributed by atoms with Crippen molar-refractivity contribution in [3.05, 3.63) is 149 Å². The lowest BCUT2D eigenvalue weighted by atomic mass is 9.63. The molecule has 3 aromatic heterocycles. The molecule has 5 heteroatoms.